The number of rotatable bonds is 6. The molecule has 0 saturated carbocycles. The normalized spacial score (nSPS) is 16.5. The van der Waals surface area contributed by atoms with Gasteiger partial charge in [0.15, 0.2) is 0 Å². The Morgan fingerprint density at radius 2 is 1.60 bits per heavy atom. The largest absolute Gasteiger partial charge is 0.374 e. The summed E-state index contributed by atoms with van der Waals surface area (Å²) >= 11 is 3.37. The van der Waals surface area contributed by atoms with Gasteiger partial charge in [0.2, 0.25) is 15.9 Å². The average molecular weight is 494 g/mol. The van der Waals surface area contributed by atoms with E-state index in [0.717, 1.165) is 30.2 Å². The van der Waals surface area contributed by atoms with E-state index < -0.39 is 16.1 Å². The first-order valence-corrected chi connectivity index (χ1v) is 12.4. The molecule has 1 aliphatic heterocycles. The molecular formula is C22H28BrN3O3S. The summed E-state index contributed by atoms with van der Waals surface area (Å²) in [7, 11) is -3.56. The van der Waals surface area contributed by atoms with E-state index in [1.165, 1.54) is 0 Å². The third kappa shape index (κ3) is 5.62. The number of aryl methyl sites for hydroxylation is 1. The first-order chi connectivity index (χ1) is 14.3. The van der Waals surface area contributed by atoms with Crippen LogP contribution in [0.3, 0.4) is 0 Å². The number of benzene rings is 2. The molecule has 162 valence electrons. The van der Waals surface area contributed by atoms with Crippen LogP contribution in [0, 0.1) is 6.92 Å². The zero-order valence-corrected chi connectivity index (χ0v) is 19.7. The highest BCUT2D eigenvalue weighted by Crippen LogP contribution is 2.26. The second-order valence-electron chi connectivity index (χ2n) is 7.66. The molecule has 1 fully saturated rings. The molecule has 0 bridgehead atoms. The monoisotopic (exact) mass is 493 g/mol. The second-order valence-corrected chi connectivity index (χ2v) is 10.5. The van der Waals surface area contributed by atoms with Crippen LogP contribution in [0.15, 0.2) is 51.8 Å². The zero-order valence-electron chi connectivity index (χ0n) is 17.3. The fourth-order valence-electron chi connectivity index (χ4n) is 3.49. The van der Waals surface area contributed by atoms with Crippen LogP contribution in [0.5, 0.6) is 0 Å². The Hall–Kier alpha value is -1.90. The topological polar surface area (TPSA) is 78.5 Å². The Labute approximate surface area is 187 Å². The molecule has 0 aliphatic carbocycles. The molecule has 0 radical (unpaired) electrons. The van der Waals surface area contributed by atoms with Crippen LogP contribution in [-0.2, 0) is 14.8 Å². The molecule has 1 saturated heterocycles. The summed E-state index contributed by atoms with van der Waals surface area (Å²) in [4.78, 5) is 12.8. The van der Waals surface area contributed by atoms with Gasteiger partial charge in [0.25, 0.3) is 0 Å². The molecule has 1 amide bonds. The lowest BCUT2D eigenvalue weighted by atomic mass is 10.2. The molecule has 3 rings (SSSR count). The van der Waals surface area contributed by atoms with E-state index in [1.54, 1.807) is 36.4 Å². The summed E-state index contributed by atoms with van der Waals surface area (Å²) in [5, 5.41) is 5.98. The van der Waals surface area contributed by atoms with Gasteiger partial charge < -0.3 is 10.6 Å². The fourth-order valence-corrected chi connectivity index (χ4v) is 5.52. The summed E-state index contributed by atoms with van der Waals surface area (Å²) in [5.41, 5.74) is 2.01. The average Bonchev–Trinajstić information content (AvgIpc) is 3.01. The van der Waals surface area contributed by atoms with Crippen molar-refractivity contribution in [2.24, 2.45) is 0 Å². The maximum absolute atomic E-state index is 13.2. The van der Waals surface area contributed by atoms with Gasteiger partial charge in [-0.05, 0) is 68.7 Å². The maximum atomic E-state index is 13.2. The maximum Gasteiger partial charge on any atom is 0.246 e. The number of hydrogen-bond acceptors (Lipinski definition) is 4. The van der Waals surface area contributed by atoms with Crippen molar-refractivity contribution >= 4 is 43.2 Å². The molecule has 2 aromatic rings. The van der Waals surface area contributed by atoms with Crippen molar-refractivity contribution < 1.29 is 13.2 Å². The Balaban J connectivity index is 1.74. The van der Waals surface area contributed by atoms with Gasteiger partial charge in [0, 0.05) is 28.9 Å². The van der Waals surface area contributed by atoms with Gasteiger partial charge in [-0.1, -0.05) is 34.8 Å². The number of anilines is 2. The Morgan fingerprint density at radius 1 is 1.00 bits per heavy atom. The molecule has 2 aromatic carbocycles. The third-order valence-corrected chi connectivity index (χ3v) is 7.83. The van der Waals surface area contributed by atoms with Gasteiger partial charge in [-0.3, -0.25) is 4.79 Å². The number of amides is 1. The Morgan fingerprint density at radius 3 is 2.23 bits per heavy atom. The van der Waals surface area contributed by atoms with Gasteiger partial charge in [-0.25, -0.2) is 8.42 Å². The number of carbonyl (C=O) groups is 1. The van der Waals surface area contributed by atoms with Crippen LogP contribution in [0.25, 0.3) is 0 Å². The molecule has 2 N–H and O–H groups in total. The third-order valence-electron chi connectivity index (χ3n) is 5.26. The molecule has 8 heteroatoms. The number of sulfonamides is 1. The smallest absolute Gasteiger partial charge is 0.246 e. The van der Waals surface area contributed by atoms with Crippen molar-refractivity contribution in [3.05, 3.63) is 52.5 Å². The molecule has 6 nitrogen and oxygen atoms in total. The van der Waals surface area contributed by atoms with Gasteiger partial charge in [0.1, 0.15) is 6.04 Å². The summed E-state index contributed by atoms with van der Waals surface area (Å²) < 4.78 is 29.0. The summed E-state index contributed by atoms with van der Waals surface area (Å²) in [6.07, 6.45) is 3.92. The van der Waals surface area contributed by atoms with E-state index in [9.17, 15) is 13.2 Å². The summed E-state index contributed by atoms with van der Waals surface area (Å²) in [6, 6.07) is 12.0. The van der Waals surface area contributed by atoms with Crippen molar-refractivity contribution in [1.82, 2.24) is 4.31 Å². The number of nitrogens with one attached hydrogen (secondary N) is 2. The highest BCUT2D eigenvalue weighted by atomic mass is 79.9. The van der Waals surface area contributed by atoms with Crippen molar-refractivity contribution in [3.63, 3.8) is 0 Å². The van der Waals surface area contributed by atoms with Crippen LogP contribution in [0.4, 0.5) is 11.4 Å². The highest BCUT2D eigenvalue weighted by Gasteiger charge is 2.27. The first kappa shape index (κ1) is 22.8. The van der Waals surface area contributed by atoms with Crippen LogP contribution in [-0.4, -0.2) is 37.8 Å². The molecule has 0 spiro atoms. The predicted octanol–water partition coefficient (Wildman–Crippen LogP) is 4.76. The van der Waals surface area contributed by atoms with Crippen LogP contribution >= 0.6 is 15.9 Å². The van der Waals surface area contributed by atoms with Gasteiger partial charge in [-0.2, -0.15) is 4.31 Å². The van der Waals surface area contributed by atoms with Crippen LogP contribution in [0.1, 0.15) is 38.2 Å². The molecule has 1 atom stereocenters. The van der Waals surface area contributed by atoms with Crippen molar-refractivity contribution in [2.45, 2.75) is 50.5 Å². The van der Waals surface area contributed by atoms with Gasteiger partial charge >= 0.3 is 0 Å². The number of halogens is 1. The molecule has 30 heavy (non-hydrogen) atoms. The van der Waals surface area contributed by atoms with Gasteiger partial charge in [-0.15, -0.1) is 0 Å². The van der Waals surface area contributed by atoms with E-state index >= 15 is 0 Å². The van der Waals surface area contributed by atoms with E-state index in [1.807, 2.05) is 24.3 Å². The Bertz CT molecular complexity index is 985. The lowest BCUT2D eigenvalue weighted by molar-refractivity contribution is -0.116. The van der Waals surface area contributed by atoms with E-state index in [4.69, 9.17) is 0 Å². The van der Waals surface area contributed by atoms with E-state index in [-0.39, 0.29) is 5.91 Å². The highest BCUT2D eigenvalue weighted by molar-refractivity contribution is 9.10. The minimum atomic E-state index is -3.56. The van der Waals surface area contributed by atoms with Crippen molar-refractivity contribution in [1.29, 1.82) is 0 Å². The summed E-state index contributed by atoms with van der Waals surface area (Å²) in [6.45, 7) is 4.67. The first-order valence-electron chi connectivity index (χ1n) is 10.2. The summed E-state index contributed by atoms with van der Waals surface area (Å²) in [5.74, 6) is -0.199. The van der Waals surface area contributed by atoms with E-state index in [2.05, 4.69) is 26.6 Å². The fraction of sp³-hybridized carbons (Fsp3) is 0.409. The van der Waals surface area contributed by atoms with Crippen LogP contribution < -0.4 is 10.6 Å². The molecule has 1 heterocycles. The molecule has 0 unspecified atom stereocenters. The number of carbonyl (C=O) groups excluding carboxylic acids is 1. The zero-order chi connectivity index (χ0) is 21.7. The quantitative estimate of drug-likeness (QED) is 0.607. The molecule has 0 aromatic heterocycles. The molecule has 1 aliphatic rings. The SMILES string of the molecule is Cc1ccc(N[C@H](C)C(=O)Nc2ccc(Br)cc2)cc1S(=O)(=O)N1CCCCCC1. The van der Waals surface area contributed by atoms with E-state index in [0.29, 0.717) is 34.9 Å². The van der Waals surface area contributed by atoms with Crippen molar-refractivity contribution in [2.75, 3.05) is 23.7 Å². The van der Waals surface area contributed by atoms with Gasteiger partial charge in [0.05, 0.1) is 4.90 Å². The molecular weight excluding hydrogens is 466 g/mol. The predicted molar refractivity (Wildman–Crippen MR) is 124 cm³/mol. The number of hydrogen-bond donors (Lipinski definition) is 2. The lowest BCUT2D eigenvalue weighted by Gasteiger charge is -2.22. The van der Waals surface area contributed by atoms with Crippen LogP contribution in [0.2, 0.25) is 0 Å². The minimum absolute atomic E-state index is 0.199. The Kier molecular flexibility index (Phi) is 7.55. The lowest BCUT2D eigenvalue weighted by Crippen LogP contribution is -2.33. The second kappa shape index (κ2) is 9.94. The minimum Gasteiger partial charge on any atom is -0.374 e. The van der Waals surface area contributed by atoms with Crippen molar-refractivity contribution in [3.8, 4) is 0 Å². The standard InChI is InChI=1S/C22H28BrN3O3S/c1-16-7-10-20(15-21(16)30(28,29)26-13-5-3-4-6-14-26)24-17(2)22(27)25-19-11-8-18(23)9-12-19/h7-12,15,17,24H,3-6,13-14H2,1-2H3,(H,25,27)/t17-/m1/s1. The number of nitrogens with zero attached hydrogens (tertiary/aromatic N) is 1.